The molecule has 0 atom stereocenters. The van der Waals surface area contributed by atoms with Gasteiger partial charge in [0.05, 0.1) is 6.54 Å². The second-order valence-electron chi connectivity index (χ2n) is 6.30. The number of nitrogens with zero attached hydrogens (tertiary/aromatic N) is 2. The zero-order chi connectivity index (χ0) is 18.4. The second kappa shape index (κ2) is 8.78. The quantitative estimate of drug-likeness (QED) is 0.846. The maximum atomic E-state index is 12.2. The number of anilines is 1. The molecule has 0 unspecified atom stereocenters. The molecule has 6 nitrogen and oxygen atoms in total. The average molecular weight is 373 g/mol. The predicted molar refractivity (Wildman–Crippen MR) is 101 cm³/mol. The first kappa shape index (κ1) is 18.4. The summed E-state index contributed by atoms with van der Waals surface area (Å²) in [5.41, 5.74) is 1.12. The first-order valence-electron chi connectivity index (χ1n) is 8.60. The van der Waals surface area contributed by atoms with E-state index in [0.717, 1.165) is 31.6 Å². The Labute approximate surface area is 157 Å². The third-order valence-electron chi connectivity index (χ3n) is 4.30. The Bertz CT molecular complexity index is 761. The number of hydrogen-bond acceptors (Lipinski definition) is 4. The van der Waals surface area contributed by atoms with E-state index >= 15 is 0 Å². The number of aromatic nitrogens is 1. The third kappa shape index (κ3) is 5.28. The summed E-state index contributed by atoms with van der Waals surface area (Å²) in [5, 5.41) is 6.37. The monoisotopic (exact) mass is 372 g/mol. The fourth-order valence-electron chi connectivity index (χ4n) is 2.95. The molecule has 1 aliphatic rings. The van der Waals surface area contributed by atoms with Gasteiger partial charge in [-0.15, -0.1) is 0 Å². The normalized spacial score (nSPS) is 15.4. The predicted octanol–water partition coefficient (Wildman–Crippen LogP) is 2.57. The minimum absolute atomic E-state index is 0.0261. The van der Waals surface area contributed by atoms with Crippen LogP contribution < -0.4 is 10.6 Å². The van der Waals surface area contributed by atoms with E-state index in [1.807, 2.05) is 30.3 Å². The van der Waals surface area contributed by atoms with Crippen molar-refractivity contribution in [1.82, 2.24) is 15.2 Å². The van der Waals surface area contributed by atoms with Crippen molar-refractivity contribution in [3.63, 3.8) is 0 Å². The van der Waals surface area contributed by atoms with Crippen LogP contribution in [0, 0.1) is 0 Å². The van der Waals surface area contributed by atoms with Gasteiger partial charge in [-0.05, 0) is 37.1 Å². The highest BCUT2D eigenvalue weighted by Gasteiger charge is 2.23. The fraction of sp³-hybridized carbons (Fsp3) is 0.316. The molecule has 0 bridgehead atoms. The molecule has 26 heavy (non-hydrogen) atoms. The molecular weight excluding hydrogens is 352 g/mol. The van der Waals surface area contributed by atoms with Gasteiger partial charge < -0.3 is 10.6 Å². The van der Waals surface area contributed by atoms with Crippen molar-refractivity contribution in [2.75, 3.05) is 25.0 Å². The van der Waals surface area contributed by atoms with Crippen molar-refractivity contribution in [2.45, 2.75) is 18.9 Å². The van der Waals surface area contributed by atoms with Gasteiger partial charge in [-0.2, -0.15) is 0 Å². The van der Waals surface area contributed by atoms with Crippen molar-refractivity contribution >= 4 is 29.1 Å². The number of nitrogens with one attached hydrogen (secondary N) is 2. The highest BCUT2D eigenvalue weighted by molar-refractivity contribution is 6.30. The summed E-state index contributed by atoms with van der Waals surface area (Å²) >= 11 is 5.89. The van der Waals surface area contributed by atoms with E-state index in [1.165, 1.54) is 6.20 Å². The number of likely N-dealkylation sites (tertiary alicyclic amines) is 1. The van der Waals surface area contributed by atoms with E-state index in [0.29, 0.717) is 17.3 Å². The summed E-state index contributed by atoms with van der Waals surface area (Å²) in [6.07, 6.45) is 3.11. The van der Waals surface area contributed by atoms with Crippen LogP contribution in [0.3, 0.4) is 0 Å². The topological polar surface area (TPSA) is 74.3 Å². The summed E-state index contributed by atoms with van der Waals surface area (Å²) in [4.78, 5) is 30.5. The Morgan fingerprint density at radius 1 is 1.15 bits per heavy atom. The van der Waals surface area contributed by atoms with Crippen molar-refractivity contribution < 1.29 is 9.59 Å². The molecule has 0 aliphatic carbocycles. The molecule has 1 aromatic carbocycles. The van der Waals surface area contributed by atoms with Crippen LogP contribution in [0.1, 0.15) is 23.3 Å². The number of benzene rings is 1. The minimum atomic E-state index is -0.215. The molecule has 2 aromatic rings. The number of pyridine rings is 1. The highest BCUT2D eigenvalue weighted by Crippen LogP contribution is 2.13. The SMILES string of the molecule is O=C(CN1CCC(NC(=O)c2cc(Cl)ccn2)CC1)Nc1ccccc1. The molecule has 1 aromatic heterocycles. The molecule has 136 valence electrons. The van der Waals surface area contributed by atoms with Crippen LogP contribution in [-0.4, -0.2) is 47.4 Å². The van der Waals surface area contributed by atoms with Crippen LogP contribution in [0.5, 0.6) is 0 Å². The second-order valence-corrected chi connectivity index (χ2v) is 6.73. The van der Waals surface area contributed by atoms with Crippen LogP contribution in [0.2, 0.25) is 5.02 Å². The first-order valence-corrected chi connectivity index (χ1v) is 8.97. The number of rotatable bonds is 5. The fourth-order valence-corrected chi connectivity index (χ4v) is 3.11. The van der Waals surface area contributed by atoms with Crippen molar-refractivity contribution in [2.24, 2.45) is 0 Å². The summed E-state index contributed by atoms with van der Waals surface area (Å²) in [7, 11) is 0. The number of halogens is 1. The molecule has 0 saturated carbocycles. The van der Waals surface area contributed by atoms with Crippen LogP contribution in [0.25, 0.3) is 0 Å². The van der Waals surface area contributed by atoms with Crippen LogP contribution in [-0.2, 0) is 4.79 Å². The number of carbonyl (C=O) groups excluding carboxylic acids is 2. The van der Waals surface area contributed by atoms with Crippen molar-refractivity contribution in [1.29, 1.82) is 0 Å². The first-order chi connectivity index (χ1) is 12.6. The number of carbonyl (C=O) groups is 2. The lowest BCUT2D eigenvalue weighted by Crippen LogP contribution is -2.46. The maximum absolute atomic E-state index is 12.2. The van der Waals surface area contributed by atoms with E-state index in [4.69, 9.17) is 11.6 Å². The lowest BCUT2D eigenvalue weighted by molar-refractivity contribution is -0.117. The molecule has 0 radical (unpaired) electrons. The molecule has 2 amide bonds. The largest absolute Gasteiger partial charge is 0.348 e. The van der Waals surface area contributed by atoms with E-state index in [2.05, 4.69) is 20.5 Å². The van der Waals surface area contributed by atoms with Gasteiger partial charge in [0.25, 0.3) is 5.91 Å². The Morgan fingerprint density at radius 2 is 1.88 bits per heavy atom. The van der Waals surface area contributed by atoms with Gasteiger partial charge in [0.15, 0.2) is 0 Å². The van der Waals surface area contributed by atoms with E-state index in [-0.39, 0.29) is 17.9 Å². The molecule has 0 spiro atoms. The van der Waals surface area contributed by atoms with Crippen molar-refractivity contribution in [3.8, 4) is 0 Å². The van der Waals surface area contributed by atoms with Gasteiger partial charge in [0, 0.05) is 36.0 Å². The minimum Gasteiger partial charge on any atom is -0.348 e. The van der Waals surface area contributed by atoms with Gasteiger partial charge in [-0.25, -0.2) is 0 Å². The molecule has 2 N–H and O–H groups in total. The average Bonchev–Trinajstić information content (AvgIpc) is 2.64. The van der Waals surface area contributed by atoms with Crippen LogP contribution in [0.15, 0.2) is 48.7 Å². The molecule has 3 rings (SSSR count). The number of amides is 2. The summed E-state index contributed by atoms with van der Waals surface area (Å²) in [6.45, 7) is 1.87. The number of para-hydroxylation sites is 1. The zero-order valence-corrected chi connectivity index (χ0v) is 15.1. The molecule has 1 fully saturated rings. The molecule has 1 saturated heterocycles. The third-order valence-corrected chi connectivity index (χ3v) is 4.54. The lowest BCUT2D eigenvalue weighted by Gasteiger charge is -2.31. The van der Waals surface area contributed by atoms with Gasteiger partial charge in [0.2, 0.25) is 5.91 Å². The Morgan fingerprint density at radius 3 is 2.58 bits per heavy atom. The van der Waals surface area contributed by atoms with E-state index in [9.17, 15) is 9.59 Å². The Balaban J connectivity index is 1.42. The Kier molecular flexibility index (Phi) is 6.20. The van der Waals surface area contributed by atoms with Gasteiger partial charge in [-0.3, -0.25) is 19.5 Å². The molecular formula is C19H21ClN4O2. The van der Waals surface area contributed by atoms with E-state index in [1.54, 1.807) is 12.1 Å². The number of hydrogen-bond donors (Lipinski definition) is 2. The van der Waals surface area contributed by atoms with Crippen LogP contribution in [0.4, 0.5) is 5.69 Å². The van der Waals surface area contributed by atoms with Gasteiger partial charge in [0.1, 0.15) is 5.69 Å². The summed E-state index contributed by atoms with van der Waals surface area (Å²) < 4.78 is 0. The van der Waals surface area contributed by atoms with Gasteiger partial charge >= 0.3 is 0 Å². The highest BCUT2D eigenvalue weighted by atomic mass is 35.5. The molecule has 2 heterocycles. The Hall–Kier alpha value is -2.44. The number of piperidine rings is 1. The standard InChI is InChI=1S/C19H21ClN4O2/c20-14-6-9-21-17(12-14)19(26)23-16-7-10-24(11-8-16)13-18(25)22-15-4-2-1-3-5-15/h1-6,9,12,16H,7-8,10-11,13H2,(H,22,25)(H,23,26). The van der Waals surface area contributed by atoms with Gasteiger partial charge in [-0.1, -0.05) is 29.8 Å². The smallest absolute Gasteiger partial charge is 0.270 e. The molecule has 1 aliphatic heterocycles. The summed E-state index contributed by atoms with van der Waals surface area (Å²) in [6, 6.07) is 12.7. The summed E-state index contributed by atoms with van der Waals surface area (Å²) in [5.74, 6) is -0.241. The van der Waals surface area contributed by atoms with E-state index < -0.39 is 0 Å². The lowest BCUT2D eigenvalue weighted by atomic mass is 10.0. The molecule has 7 heteroatoms. The van der Waals surface area contributed by atoms with Crippen LogP contribution >= 0.6 is 11.6 Å². The van der Waals surface area contributed by atoms with Crippen molar-refractivity contribution in [3.05, 3.63) is 59.4 Å². The zero-order valence-electron chi connectivity index (χ0n) is 14.3. The maximum Gasteiger partial charge on any atom is 0.270 e.